The maximum absolute atomic E-state index is 9.10. The Hall–Kier alpha value is -3.34. The third-order valence-electron chi connectivity index (χ3n) is 4.60. The lowest BCUT2D eigenvalue weighted by molar-refractivity contribution is -0.159. The zero-order valence-corrected chi connectivity index (χ0v) is 18.6. The average Bonchev–Trinajstić information content (AvgIpc) is 2.85. The first kappa shape index (κ1) is 25.9. The van der Waals surface area contributed by atoms with Gasteiger partial charge in [-0.25, -0.2) is 9.59 Å². The Morgan fingerprint density at radius 2 is 1.58 bits per heavy atom. The highest BCUT2D eigenvalue weighted by molar-refractivity contribution is 6.27. The maximum atomic E-state index is 9.10. The fourth-order valence-electron chi connectivity index (χ4n) is 2.97. The lowest BCUT2D eigenvalue weighted by atomic mass is 10.1. The topological polar surface area (TPSA) is 133 Å². The Bertz CT molecular complexity index is 833. The van der Waals surface area contributed by atoms with Crippen LogP contribution in [0.5, 0.6) is 17.2 Å². The van der Waals surface area contributed by atoms with E-state index in [1.165, 1.54) is 0 Å². The number of carbonyl (C=O) groups is 2. The van der Waals surface area contributed by atoms with Gasteiger partial charge >= 0.3 is 11.9 Å². The van der Waals surface area contributed by atoms with E-state index in [0.29, 0.717) is 50.2 Å². The molecular weight excluding hydrogens is 434 g/mol. The largest absolute Gasteiger partial charge is 0.493 e. The standard InChI is InChI=1S/C21H27NO5.C2H2O4/c1-23-18-9-6-10-19(24-2)21(18)25-12-11-22-13-17-14-27-20(15-26-17)16-7-4-3-5-8-16;3-1(4)2(5)6/h3-10,17,20,22H,11-15H2,1-2H3;(H,3,4)(H,5,6)/t17-,20+;/m1./s1. The number of nitrogens with one attached hydrogen (secondary N) is 1. The van der Waals surface area contributed by atoms with Crippen molar-refractivity contribution in [1.29, 1.82) is 0 Å². The second kappa shape index (κ2) is 13.9. The van der Waals surface area contributed by atoms with Crippen molar-refractivity contribution in [2.24, 2.45) is 0 Å². The molecule has 0 spiro atoms. The zero-order valence-electron chi connectivity index (χ0n) is 18.6. The maximum Gasteiger partial charge on any atom is 0.414 e. The molecule has 33 heavy (non-hydrogen) atoms. The molecule has 2 aromatic carbocycles. The monoisotopic (exact) mass is 463 g/mol. The van der Waals surface area contributed by atoms with Crippen LogP contribution in [0.1, 0.15) is 11.7 Å². The highest BCUT2D eigenvalue weighted by Gasteiger charge is 2.23. The first-order valence-corrected chi connectivity index (χ1v) is 10.2. The number of carboxylic acids is 2. The molecule has 1 heterocycles. The first-order valence-electron chi connectivity index (χ1n) is 10.2. The molecule has 10 heteroatoms. The van der Waals surface area contributed by atoms with Crippen LogP contribution in [0, 0.1) is 0 Å². The van der Waals surface area contributed by atoms with Crippen LogP contribution < -0.4 is 19.5 Å². The van der Waals surface area contributed by atoms with Crippen LogP contribution in [-0.2, 0) is 19.1 Å². The van der Waals surface area contributed by atoms with Gasteiger partial charge in [0.1, 0.15) is 12.7 Å². The molecule has 0 saturated carbocycles. The van der Waals surface area contributed by atoms with E-state index in [-0.39, 0.29) is 12.2 Å². The number of benzene rings is 2. The van der Waals surface area contributed by atoms with Crippen LogP contribution in [0.15, 0.2) is 48.5 Å². The van der Waals surface area contributed by atoms with Crippen LogP contribution in [-0.4, -0.2) is 75.4 Å². The van der Waals surface area contributed by atoms with Gasteiger partial charge in [0, 0.05) is 13.1 Å². The second-order valence-electron chi connectivity index (χ2n) is 6.84. The first-order chi connectivity index (χ1) is 16.0. The van der Waals surface area contributed by atoms with Crippen molar-refractivity contribution in [2.75, 3.05) is 47.1 Å². The quantitative estimate of drug-likeness (QED) is 0.374. The number of para-hydroxylation sites is 1. The molecule has 10 nitrogen and oxygen atoms in total. The summed E-state index contributed by atoms with van der Waals surface area (Å²) in [7, 11) is 3.23. The van der Waals surface area contributed by atoms with Gasteiger partial charge in [-0.05, 0) is 17.7 Å². The minimum atomic E-state index is -1.82. The van der Waals surface area contributed by atoms with Crippen molar-refractivity contribution in [3.63, 3.8) is 0 Å². The Morgan fingerprint density at radius 1 is 0.939 bits per heavy atom. The molecule has 2 aromatic rings. The summed E-state index contributed by atoms with van der Waals surface area (Å²) in [6, 6.07) is 15.7. The highest BCUT2D eigenvalue weighted by Crippen LogP contribution is 2.36. The Balaban J connectivity index is 0.000000569. The minimum absolute atomic E-state index is 0.0174. The van der Waals surface area contributed by atoms with Gasteiger partial charge < -0.3 is 39.2 Å². The number of hydrogen-bond acceptors (Lipinski definition) is 8. The van der Waals surface area contributed by atoms with Crippen LogP contribution in [0.3, 0.4) is 0 Å². The molecule has 3 N–H and O–H groups in total. The smallest absolute Gasteiger partial charge is 0.414 e. The summed E-state index contributed by atoms with van der Waals surface area (Å²) >= 11 is 0. The molecule has 0 aliphatic carbocycles. The Kier molecular flexibility index (Phi) is 10.9. The molecule has 3 rings (SSSR count). The van der Waals surface area contributed by atoms with Gasteiger partial charge in [-0.1, -0.05) is 36.4 Å². The van der Waals surface area contributed by atoms with E-state index in [2.05, 4.69) is 17.4 Å². The fraction of sp³-hybridized carbons (Fsp3) is 0.391. The average molecular weight is 463 g/mol. The lowest BCUT2D eigenvalue weighted by Gasteiger charge is -2.30. The van der Waals surface area contributed by atoms with E-state index in [4.69, 9.17) is 43.5 Å². The normalized spacial score (nSPS) is 17.3. The van der Waals surface area contributed by atoms with E-state index in [1.807, 2.05) is 36.4 Å². The molecule has 0 aromatic heterocycles. The minimum Gasteiger partial charge on any atom is -0.493 e. The zero-order chi connectivity index (χ0) is 24.1. The molecule has 0 unspecified atom stereocenters. The Labute approximate surface area is 192 Å². The van der Waals surface area contributed by atoms with Gasteiger partial charge in [0.05, 0.1) is 33.5 Å². The summed E-state index contributed by atoms with van der Waals surface area (Å²) < 4.78 is 28.3. The molecule has 1 saturated heterocycles. The number of carboxylic acid groups (broad SMARTS) is 2. The SMILES string of the molecule is COc1cccc(OC)c1OCCNC[C@@H]1CO[C@H](c2ccccc2)CO1.O=C(O)C(=O)O. The number of rotatable bonds is 9. The molecule has 2 atom stereocenters. The van der Waals surface area contributed by atoms with Crippen LogP contribution in [0.25, 0.3) is 0 Å². The number of hydrogen-bond donors (Lipinski definition) is 3. The predicted octanol–water partition coefficient (Wildman–Crippen LogP) is 1.98. The third-order valence-corrected chi connectivity index (χ3v) is 4.60. The van der Waals surface area contributed by atoms with Gasteiger partial charge in [-0.3, -0.25) is 0 Å². The van der Waals surface area contributed by atoms with E-state index >= 15 is 0 Å². The summed E-state index contributed by atoms with van der Waals surface area (Å²) in [5.41, 5.74) is 1.16. The molecule has 0 radical (unpaired) electrons. The van der Waals surface area contributed by atoms with Crippen LogP contribution in [0.2, 0.25) is 0 Å². The van der Waals surface area contributed by atoms with Crippen LogP contribution in [0.4, 0.5) is 0 Å². The summed E-state index contributed by atoms with van der Waals surface area (Å²) in [4.78, 5) is 18.2. The van der Waals surface area contributed by atoms with Crippen LogP contribution >= 0.6 is 0 Å². The molecule has 0 bridgehead atoms. The molecule has 1 fully saturated rings. The van der Waals surface area contributed by atoms with Crippen molar-refractivity contribution < 1.29 is 43.5 Å². The predicted molar refractivity (Wildman–Crippen MR) is 118 cm³/mol. The number of aliphatic carboxylic acids is 2. The Morgan fingerprint density at radius 3 is 2.09 bits per heavy atom. The lowest BCUT2D eigenvalue weighted by Crippen LogP contribution is -2.39. The van der Waals surface area contributed by atoms with E-state index in [0.717, 1.165) is 5.56 Å². The molecule has 0 amide bonds. The van der Waals surface area contributed by atoms with Crippen molar-refractivity contribution in [2.45, 2.75) is 12.2 Å². The van der Waals surface area contributed by atoms with Gasteiger partial charge in [-0.2, -0.15) is 0 Å². The van der Waals surface area contributed by atoms with Gasteiger partial charge in [0.25, 0.3) is 0 Å². The van der Waals surface area contributed by atoms with Crippen molar-refractivity contribution in [3.8, 4) is 17.2 Å². The fourth-order valence-corrected chi connectivity index (χ4v) is 2.97. The van der Waals surface area contributed by atoms with Gasteiger partial charge in [0.2, 0.25) is 5.75 Å². The third kappa shape index (κ3) is 8.60. The van der Waals surface area contributed by atoms with Gasteiger partial charge in [-0.15, -0.1) is 0 Å². The van der Waals surface area contributed by atoms with E-state index in [1.54, 1.807) is 14.2 Å². The highest BCUT2D eigenvalue weighted by atomic mass is 16.6. The molecule has 1 aliphatic rings. The van der Waals surface area contributed by atoms with E-state index in [9.17, 15) is 0 Å². The number of methoxy groups -OCH3 is 2. The number of ether oxygens (including phenoxy) is 5. The summed E-state index contributed by atoms with van der Waals surface area (Å²) in [6.07, 6.45) is 0.0644. The summed E-state index contributed by atoms with van der Waals surface area (Å²) in [5.74, 6) is -1.71. The van der Waals surface area contributed by atoms with Crippen molar-refractivity contribution in [1.82, 2.24) is 5.32 Å². The molecular formula is C23H29NO9. The van der Waals surface area contributed by atoms with Crippen molar-refractivity contribution in [3.05, 3.63) is 54.1 Å². The summed E-state index contributed by atoms with van der Waals surface area (Å²) in [6.45, 7) is 3.05. The summed E-state index contributed by atoms with van der Waals surface area (Å²) in [5, 5.41) is 18.1. The molecule has 1 aliphatic heterocycles. The molecule has 180 valence electrons. The second-order valence-corrected chi connectivity index (χ2v) is 6.84. The van der Waals surface area contributed by atoms with Crippen molar-refractivity contribution >= 4 is 11.9 Å². The van der Waals surface area contributed by atoms with Gasteiger partial charge in [0.15, 0.2) is 11.5 Å². The van der Waals surface area contributed by atoms with E-state index < -0.39 is 11.9 Å².